The van der Waals surface area contributed by atoms with Gasteiger partial charge in [-0.05, 0) is 36.4 Å². The van der Waals surface area contributed by atoms with E-state index < -0.39 is 11.7 Å². The molecule has 4 aromatic rings. The zero-order valence-corrected chi connectivity index (χ0v) is 15.6. The molecule has 3 heterocycles. The number of rotatable bonds is 5. The van der Waals surface area contributed by atoms with Gasteiger partial charge >= 0.3 is 0 Å². The van der Waals surface area contributed by atoms with E-state index in [1.807, 2.05) is 24.5 Å². The van der Waals surface area contributed by atoms with Crippen LogP contribution in [-0.2, 0) is 0 Å². The second kappa shape index (κ2) is 7.69. The van der Waals surface area contributed by atoms with Crippen LogP contribution in [0.1, 0.15) is 10.4 Å². The quantitative estimate of drug-likeness (QED) is 0.520. The molecule has 3 N–H and O–H groups in total. The van der Waals surface area contributed by atoms with E-state index in [0.717, 1.165) is 0 Å². The number of halogens is 2. The smallest absolute Gasteiger partial charge is 0.250 e. The molecule has 0 fully saturated rings. The Labute approximate surface area is 170 Å². The fourth-order valence-corrected chi connectivity index (χ4v) is 2.91. The van der Waals surface area contributed by atoms with Crippen molar-refractivity contribution < 1.29 is 9.18 Å². The number of hydrogen-bond acceptors (Lipinski definition) is 5. The summed E-state index contributed by atoms with van der Waals surface area (Å²) in [7, 11) is 0. The molecular formula is C20H14ClFN6O. The molecule has 0 aliphatic rings. The second-order valence-corrected chi connectivity index (χ2v) is 6.51. The second-order valence-electron chi connectivity index (χ2n) is 6.10. The van der Waals surface area contributed by atoms with Crippen molar-refractivity contribution in [2.75, 3.05) is 5.32 Å². The van der Waals surface area contributed by atoms with Gasteiger partial charge in [-0.3, -0.25) is 9.78 Å². The maximum Gasteiger partial charge on any atom is 0.250 e. The van der Waals surface area contributed by atoms with Crippen molar-refractivity contribution in [2.45, 2.75) is 0 Å². The zero-order chi connectivity index (χ0) is 20.4. The van der Waals surface area contributed by atoms with Crippen LogP contribution >= 0.6 is 11.6 Å². The summed E-state index contributed by atoms with van der Waals surface area (Å²) in [6.07, 6.45) is 8.27. The number of hydrogen-bond donors (Lipinski definition) is 2. The topological polar surface area (TPSA) is 98.7 Å². The SMILES string of the molecule is NC(=O)c1cncc(-c2cnc(Nc3ccc(F)c(Cl)c3)nc2-n2cccc2)c1. The normalized spacial score (nSPS) is 10.7. The highest BCUT2D eigenvalue weighted by atomic mass is 35.5. The number of nitrogens with two attached hydrogens (primary N) is 1. The van der Waals surface area contributed by atoms with E-state index in [1.54, 1.807) is 23.0 Å². The lowest BCUT2D eigenvalue weighted by atomic mass is 10.1. The van der Waals surface area contributed by atoms with Crippen LogP contribution in [0.25, 0.3) is 16.9 Å². The standard InChI is InChI=1S/C20H14ClFN6O/c21-16-8-14(3-4-17(16)22)26-20-25-11-15(19(27-20)28-5-1-2-6-28)12-7-13(18(23)29)10-24-9-12/h1-11H,(H2,23,29)(H,25,26,27). The van der Waals surface area contributed by atoms with Crippen LogP contribution in [0.15, 0.2) is 67.4 Å². The summed E-state index contributed by atoms with van der Waals surface area (Å²) in [5, 5.41) is 3.00. The fourth-order valence-electron chi connectivity index (χ4n) is 2.73. The molecule has 0 aliphatic heterocycles. The first-order chi connectivity index (χ1) is 14.0. The molecule has 144 valence electrons. The predicted octanol–water partition coefficient (Wildman–Crippen LogP) is 3.96. The van der Waals surface area contributed by atoms with Crippen molar-refractivity contribution in [3.63, 3.8) is 0 Å². The number of carbonyl (C=O) groups is 1. The Morgan fingerprint density at radius 3 is 2.66 bits per heavy atom. The van der Waals surface area contributed by atoms with Crippen LogP contribution < -0.4 is 11.1 Å². The van der Waals surface area contributed by atoms with Crippen molar-refractivity contribution in [2.24, 2.45) is 5.73 Å². The van der Waals surface area contributed by atoms with E-state index in [4.69, 9.17) is 17.3 Å². The van der Waals surface area contributed by atoms with Gasteiger partial charge in [-0.15, -0.1) is 0 Å². The van der Waals surface area contributed by atoms with Gasteiger partial charge in [0, 0.05) is 47.8 Å². The van der Waals surface area contributed by atoms with Gasteiger partial charge < -0.3 is 15.6 Å². The first-order valence-electron chi connectivity index (χ1n) is 8.49. The number of benzene rings is 1. The van der Waals surface area contributed by atoms with Crippen LogP contribution in [0.5, 0.6) is 0 Å². The third-order valence-electron chi connectivity index (χ3n) is 4.13. The molecule has 1 amide bonds. The van der Waals surface area contributed by atoms with Crippen LogP contribution in [0.3, 0.4) is 0 Å². The van der Waals surface area contributed by atoms with E-state index >= 15 is 0 Å². The number of amides is 1. The summed E-state index contributed by atoms with van der Waals surface area (Å²) in [6, 6.07) is 9.59. The molecule has 0 saturated heterocycles. The average molecular weight is 409 g/mol. The molecule has 0 atom stereocenters. The van der Waals surface area contributed by atoms with E-state index in [-0.39, 0.29) is 10.6 Å². The number of aromatic nitrogens is 4. The van der Waals surface area contributed by atoms with Gasteiger partial charge in [-0.2, -0.15) is 4.98 Å². The average Bonchev–Trinajstić information content (AvgIpc) is 3.25. The lowest BCUT2D eigenvalue weighted by molar-refractivity contribution is 0.1000. The molecule has 1 aromatic carbocycles. The van der Waals surface area contributed by atoms with E-state index in [2.05, 4.69) is 20.3 Å². The third kappa shape index (κ3) is 3.92. The number of anilines is 2. The Balaban J connectivity index is 1.78. The minimum atomic E-state index is -0.575. The maximum absolute atomic E-state index is 13.4. The van der Waals surface area contributed by atoms with Crippen LogP contribution in [0.4, 0.5) is 16.0 Å². The molecular weight excluding hydrogens is 395 g/mol. The van der Waals surface area contributed by atoms with Crippen molar-refractivity contribution in [3.8, 4) is 16.9 Å². The molecule has 29 heavy (non-hydrogen) atoms. The molecule has 0 radical (unpaired) electrons. The van der Waals surface area contributed by atoms with Gasteiger partial charge in [0.25, 0.3) is 0 Å². The largest absolute Gasteiger partial charge is 0.366 e. The Hall–Kier alpha value is -3.78. The monoisotopic (exact) mass is 408 g/mol. The predicted molar refractivity (Wildman–Crippen MR) is 108 cm³/mol. The Bertz CT molecular complexity index is 1200. The summed E-state index contributed by atoms with van der Waals surface area (Å²) in [5.41, 5.74) is 7.48. The van der Waals surface area contributed by atoms with Crippen molar-refractivity contribution in [1.29, 1.82) is 0 Å². The summed E-state index contributed by atoms with van der Waals surface area (Å²) in [5.74, 6) is -0.235. The minimum absolute atomic E-state index is 0.00778. The van der Waals surface area contributed by atoms with E-state index in [1.165, 1.54) is 24.4 Å². The summed E-state index contributed by atoms with van der Waals surface area (Å²) in [6.45, 7) is 0. The first kappa shape index (κ1) is 18.6. The highest BCUT2D eigenvalue weighted by molar-refractivity contribution is 6.31. The van der Waals surface area contributed by atoms with Gasteiger partial charge in [-0.25, -0.2) is 9.37 Å². The molecule has 0 unspecified atom stereocenters. The summed E-state index contributed by atoms with van der Waals surface area (Å²) >= 11 is 5.83. The molecule has 4 rings (SSSR count). The first-order valence-corrected chi connectivity index (χ1v) is 8.87. The molecule has 0 saturated carbocycles. The summed E-state index contributed by atoms with van der Waals surface area (Å²) < 4.78 is 15.2. The van der Waals surface area contributed by atoms with Crippen molar-refractivity contribution in [3.05, 3.63) is 83.8 Å². The Morgan fingerprint density at radius 2 is 1.93 bits per heavy atom. The van der Waals surface area contributed by atoms with Gasteiger partial charge in [0.15, 0.2) is 0 Å². The minimum Gasteiger partial charge on any atom is -0.366 e. The van der Waals surface area contributed by atoms with Crippen molar-refractivity contribution >= 4 is 29.1 Å². The Kier molecular flexibility index (Phi) is 4.92. The highest BCUT2D eigenvalue weighted by Crippen LogP contribution is 2.27. The fraction of sp³-hybridized carbons (Fsp3) is 0. The molecule has 7 nitrogen and oxygen atoms in total. The van der Waals surface area contributed by atoms with Crippen LogP contribution in [-0.4, -0.2) is 25.4 Å². The third-order valence-corrected chi connectivity index (χ3v) is 4.42. The molecule has 0 spiro atoms. The molecule has 9 heteroatoms. The van der Waals surface area contributed by atoms with Gasteiger partial charge in [-0.1, -0.05) is 11.6 Å². The lowest BCUT2D eigenvalue weighted by Crippen LogP contribution is -2.11. The van der Waals surface area contributed by atoms with Crippen LogP contribution in [0.2, 0.25) is 5.02 Å². The van der Waals surface area contributed by atoms with E-state index in [9.17, 15) is 9.18 Å². The Morgan fingerprint density at radius 1 is 1.14 bits per heavy atom. The van der Waals surface area contributed by atoms with Crippen molar-refractivity contribution in [1.82, 2.24) is 19.5 Å². The van der Waals surface area contributed by atoms with E-state index in [0.29, 0.717) is 28.6 Å². The molecule has 3 aromatic heterocycles. The maximum atomic E-state index is 13.4. The summed E-state index contributed by atoms with van der Waals surface area (Å²) in [4.78, 5) is 24.5. The van der Waals surface area contributed by atoms with Gasteiger partial charge in [0.05, 0.1) is 10.6 Å². The lowest BCUT2D eigenvalue weighted by Gasteiger charge is -2.13. The number of primary amides is 1. The highest BCUT2D eigenvalue weighted by Gasteiger charge is 2.14. The zero-order valence-electron chi connectivity index (χ0n) is 14.9. The van der Waals surface area contributed by atoms with Gasteiger partial charge in [0.1, 0.15) is 11.6 Å². The molecule has 0 aliphatic carbocycles. The molecule has 0 bridgehead atoms. The van der Waals surface area contributed by atoms with Gasteiger partial charge in [0.2, 0.25) is 11.9 Å². The number of pyridine rings is 1. The number of nitrogens with zero attached hydrogens (tertiary/aromatic N) is 4. The number of carbonyl (C=O) groups excluding carboxylic acids is 1. The van der Waals surface area contributed by atoms with Crippen LogP contribution in [0, 0.1) is 5.82 Å². The number of nitrogens with one attached hydrogen (secondary N) is 1.